The van der Waals surface area contributed by atoms with Crippen LogP contribution in [-0.2, 0) is 22.6 Å². The SMILES string of the molecule is CC(=O)Nc1cn(CC(=O)Nc2ccc3c(c2)CCCN3C)nn1. The number of aryl methyl sites for hydroxylation is 1. The molecule has 0 bridgehead atoms. The smallest absolute Gasteiger partial charge is 0.246 e. The van der Waals surface area contributed by atoms with Crippen molar-refractivity contribution in [3.05, 3.63) is 30.0 Å². The number of hydrogen-bond acceptors (Lipinski definition) is 5. The first-order valence-electron chi connectivity index (χ1n) is 7.83. The number of amides is 2. The first-order chi connectivity index (χ1) is 11.5. The molecule has 24 heavy (non-hydrogen) atoms. The van der Waals surface area contributed by atoms with E-state index in [0.29, 0.717) is 5.82 Å². The zero-order valence-corrected chi connectivity index (χ0v) is 13.7. The zero-order chi connectivity index (χ0) is 17.1. The quantitative estimate of drug-likeness (QED) is 0.881. The van der Waals surface area contributed by atoms with E-state index in [0.717, 1.165) is 25.1 Å². The van der Waals surface area contributed by atoms with Gasteiger partial charge in [-0.15, -0.1) is 5.10 Å². The van der Waals surface area contributed by atoms with Crippen LogP contribution in [0.3, 0.4) is 0 Å². The summed E-state index contributed by atoms with van der Waals surface area (Å²) >= 11 is 0. The van der Waals surface area contributed by atoms with Crippen LogP contribution < -0.4 is 15.5 Å². The molecule has 2 heterocycles. The number of rotatable bonds is 4. The van der Waals surface area contributed by atoms with Crippen molar-refractivity contribution in [3.63, 3.8) is 0 Å². The lowest BCUT2D eigenvalue weighted by molar-refractivity contribution is -0.117. The van der Waals surface area contributed by atoms with Crippen molar-refractivity contribution in [1.29, 1.82) is 0 Å². The summed E-state index contributed by atoms with van der Waals surface area (Å²) in [4.78, 5) is 25.3. The monoisotopic (exact) mass is 328 g/mol. The van der Waals surface area contributed by atoms with Crippen molar-refractivity contribution in [2.24, 2.45) is 0 Å². The van der Waals surface area contributed by atoms with E-state index in [4.69, 9.17) is 0 Å². The first kappa shape index (κ1) is 16.0. The molecule has 2 N–H and O–H groups in total. The van der Waals surface area contributed by atoms with Crippen LogP contribution in [0.4, 0.5) is 17.2 Å². The van der Waals surface area contributed by atoms with E-state index in [1.807, 2.05) is 18.2 Å². The Kier molecular flexibility index (Phi) is 4.45. The number of carbonyl (C=O) groups is 2. The van der Waals surface area contributed by atoms with E-state index in [1.165, 1.54) is 29.1 Å². The molecule has 2 amide bonds. The lowest BCUT2D eigenvalue weighted by Gasteiger charge is -2.27. The average molecular weight is 328 g/mol. The molecular formula is C16H20N6O2. The maximum Gasteiger partial charge on any atom is 0.246 e. The van der Waals surface area contributed by atoms with Crippen molar-refractivity contribution < 1.29 is 9.59 Å². The lowest BCUT2D eigenvalue weighted by Crippen LogP contribution is -2.25. The number of aromatic nitrogens is 3. The van der Waals surface area contributed by atoms with Gasteiger partial charge in [0.25, 0.3) is 0 Å². The Labute approximate surface area is 139 Å². The highest BCUT2D eigenvalue weighted by molar-refractivity contribution is 5.91. The third-order valence-corrected chi connectivity index (χ3v) is 3.86. The van der Waals surface area contributed by atoms with Crippen molar-refractivity contribution in [1.82, 2.24) is 15.0 Å². The molecule has 2 aromatic rings. The van der Waals surface area contributed by atoms with Gasteiger partial charge in [0.05, 0.1) is 6.20 Å². The van der Waals surface area contributed by atoms with Gasteiger partial charge in [-0.2, -0.15) is 0 Å². The van der Waals surface area contributed by atoms with E-state index < -0.39 is 0 Å². The zero-order valence-electron chi connectivity index (χ0n) is 13.7. The number of fused-ring (bicyclic) bond motifs is 1. The summed E-state index contributed by atoms with van der Waals surface area (Å²) in [5, 5.41) is 13.0. The van der Waals surface area contributed by atoms with Crippen LogP contribution in [0.1, 0.15) is 18.9 Å². The van der Waals surface area contributed by atoms with E-state index >= 15 is 0 Å². The van der Waals surface area contributed by atoms with E-state index in [9.17, 15) is 9.59 Å². The Morgan fingerprint density at radius 1 is 1.29 bits per heavy atom. The van der Waals surface area contributed by atoms with Gasteiger partial charge in [0.2, 0.25) is 11.8 Å². The van der Waals surface area contributed by atoms with Gasteiger partial charge >= 0.3 is 0 Å². The Morgan fingerprint density at radius 3 is 2.92 bits per heavy atom. The van der Waals surface area contributed by atoms with Crippen LogP contribution in [0.2, 0.25) is 0 Å². The summed E-state index contributed by atoms with van der Waals surface area (Å²) in [6.45, 7) is 2.48. The number of carbonyl (C=O) groups excluding carboxylic acids is 2. The van der Waals surface area contributed by atoms with Gasteiger partial charge in [0, 0.05) is 31.9 Å². The fourth-order valence-electron chi connectivity index (χ4n) is 2.82. The number of nitrogens with one attached hydrogen (secondary N) is 2. The first-order valence-corrected chi connectivity index (χ1v) is 7.83. The van der Waals surface area contributed by atoms with Gasteiger partial charge in [-0.05, 0) is 36.6 Å². The largest absolute Gasteiger partial charge is 0.374 e. The van der Waals surface area contributed by atoms with Crippen LogP contribution in [-0.4, -0.2) is 40.4 Å². The second kappa shape index (κ2) is 6.69. The molecule has 0 aliphatic carbocycles. The third kappa shape index (κ3) is 3.70. The summed E-state index contributed by atoms with van der Waals surface area (Å²) in [5.41, 5.74) is 3.24. The second-order valence-corrected chi connectivity index (χ2v) is 5.90. The van der Waals surface area contributed by atoms with Gasteiger partial charge in [-0.3, -0.25) is 9.59 Å². The minimum atomic E-state index is -0.231. The Morgan fingerprint density at radius 2 is 2.12 bits per heavy atom. The van der Waals surface area contributed by atoms with Gasteiger partial charge in [-0.25, -0.2) is 4.68 Å². The average Bonchev–Trinajstić information content (AvgIpc) is 2.93. The number of hydrogen-bond donors (Lipinski definition) is 2. The molecule has 1 aliphatic heterocycles. The van der Waals surface area contributed by atoms with E-state index in [-0.39, 0.29) is 18.4 Å². The van der Waals surface area contributed by atoms with Crippen LogP contribution in [0.25, 0.3) is 0 Å². The summed E-state index contributed by atoms with van der Waals surface area (Å²) < 4.78 is 1.38. The minimum Gasteiger partial charge on any atom is -0.374 e. The van der Waals surface area contributed by atoms with E-state index in [2.05, 4.69) is 32.9 Å². The number of benzene rings is 1. The molecular weight excluding hydrogens is 308 g/mol. The van der Waals surface area contributed by atoms with Crippen molar-refractivity contribution in [2.45, 2.75) is 26.3 Å². The predicted molar refractivity (Wildman–Crippen MR) is 91.0 cm³/mol. The van der Waals surface area contributed by atoms with Gasteiger partial charge in [0.15, 0.2) is 5.82 Å². The Bertz CT molecular complexity index is 770. The molecule has 1 aliphatic rings. The molecule has 3 rings (SSSR count). The molecule has 0 saturated heterocycles. The molecule has 0 fully saturated rings. The third-order valence-electron chi connectivity index (χ3n) is 3.86. The molecule has 8 heteroatoms. The van der Waals surface area contributed by atoms with Crippen LogP contribution in [0, 0.1) is 0 Å². The highest BCUT2D eigenvalue weighted by Gasteiger charge is 2.14. The molecule has 0 spiro atoms. The summed E-state index contributed by atoms with van der Waals surface area (Å²) in [6.07, 6.45) is 3.65. The van der Waals surface area contributed by atoms with Gasteiger partial charge in [-0.1, -0.05) is 5.21 Å². The predicted octanol–water partition coefficient (Wildman–Crippen LogP) is 1.26. The second-order valence-electron chi connectivity index (χ2n) is 5.90. The van der Waals surface area contributed by atoms with E-state index in [1.54, 1.807) is 0 Å². The van der Waals surface area contributed by atoms with Crippen LogP contribution in [0.15, 0.2) is 24.4 Å². The Hall–Kier alpha value is -2.90. The Balaban J connectivity index is 1.62. The molecule has 8 nitrogen and oxygen atoms in total. The molecule has 0 radical (unpaired) electrons. The van der Waals surface area contributed by atoms with Crippen molar-refractivity contribution in [2.75, 3.05) is 29.1 Å². The molecule has 0 atom stereocenters. The minimum absolute atomic E-state index is 0.0313. The molecule has 1 aromatic heterocycles. The fraction of sp³-hybridized carbons (Fsp3) is 0.375. The van der Waals surface area contributed by atoms with Crippen LogP contribution in [0.5, 0.6) is 0 Å². The lowest BCUT2D eigenvalue weighted by atomic mass is 10.0. The molecule has 0 unspecified atom stereocenters. The topological polar surface area (TPSA) is 92.2 Å². The van der Waals surface area contributed by atoms with Gasteiger partial charge < -0.3 is 15.5 Å². The molecule has 1 aromatic carbocycles. The van der Waals surface area contributed by atoms with Crippen LogP contribution >= 0.6 is 0 Å². The number of nitrogens with zero attached hydrogens (tertiary/aromatic N) is 4. The standard InChI is InChI=1S/C16H20N6O2/c1-11(23)17-15-9-22(20-19-15)10-16(24)18-13-5-6-14-12(8-13)4-3-7-21(14)2/h5-6,8-9H,3-4,7,10H2,1-2H3,(H,17,23)(H,18,24). The highest BCUT2D eigenvalue weighted by atomic mass is 16.2. The van der Waals surface area contributed by atoms with Crippen molar-refractivity contribution >= 4 is 29.0 Å². The normalized spacial score (nSPS) is 13.3. The maximum atomic E-state index is 12.1. The summed E-state index contributed by atoms with van der Waals surface area (Å²) in [6, 6.07) is 5.96. The summed E-state index contributed by atoms with van der Waals surface area (Å²) in [7, 11) is 2.08. The maximum absolute atomic E-state index is 12.1. The fourth-order valence-corrected chi connectivity index (χ4v) is 2.82. The molecule has 0 saturated carbocycles. The van der Waals surface area contributed by atoms with Crippen molar-refractivity contribution in [3.8, 4) is 0 Å². The number of anilines is 3. The molecule has 126 valence electrons. The highest BCUT2D eigenvalue weighted by Crippen LogP contribution is 2.28. The summed E-state index contributed by atoms with van der Waals surface area (Å²) in [5.74, 6) is -0.101. The van der Waals surface area contributed by atoms with Gasteiger partial charge in [0.1, 0.15) is 6.54 Å².